The summed E-state index contributed by atoms with van der Waals surface area (Å²) in [6.45, 7) is 4.39. The summed E-state index contributed by atoms with van der Waals surface area (Å²) >= 11 is 0. The second-order valence-electron chi connectivity index (χ2n) is 7.61. The van der Waals surface area contributed by atoms with Gasteiger partial charge in [0, 0.05) is 6.92 Å². The Balaban J connectivity index is 1.75. The van der Waals surface area contributed by atoms with Gasteiger partial charge in [-0.2, -0.15) is 0 Å². The molecular formula is C16H24F2O2. The number of ether oxygens (including phenoxy) is 1. The second-order valence-corrected chi connectivity index (χ2v) is 7.61. The van der Waals surface area contributed by atoms with Crippen molar-refractivity contribution in [3.63, 3.8) is 0 Å². The third-order valence-corrected chi connectivity index (χ3v) is 6.18. The monoisotopic (exact) mass is 286 g/mol. The van der Waals surface area contributed by atoms with E-state index in [1.54, 1.807) is 0 Å². The summed E-state index contributed by atoms with van der Waals surface area (Å²) in [5.41, 5.74) is -0.456. The predicted octanol–water partition coefficient (Wildman–Crippen LogP) is 4.04. The lowest BCUT2D eigenvalue weighted by atomic mass is 9.46. The van der Waals surface area contributed by atoms with Crippen LogP contribution in [0.25, 0.3) is 0 Å². The molecule has 3 unspecified atom stereocenters. The van der Waals surface area contributed by atoms with Crippen LogP contribution in [-0.4, -0.2) is 18.0 Å². The van der Waals surface area contributed by atoms with Crippen LogP contribution in [0.3, 0.4) is 0 Å². The van der Waals surface area contributed by atoms with E-state index in [2.05, 4.69) is 6.92 Å². The molecule has 4 rings (SSSR count). The molecule has 4 aliphatic rings. The highest BCUT2D eigenvalue weighted by Gasteiger charge is 2.58. The summed E-state index contributed by atoms with van der Waals surface area (Å²) in [4.78, 5) is 12.5. The van der Waals surface area contributed by atoms with Crippen LogP contribution in [0.1, 0.15) is 52.9 Å². The average Bonchev–Trinajstić information content (AvgIpc) is 2.33. The fraction of sp³-hybridized carbons (Fsp3) is 0.938. The van der Waals surface area contributed by atoms with Gasteiger partial charge in [0.2, 0.25) is 0 Å². The van der Waals surface area contributed by atoms with Crippen molar-refractivity contribution < 1.29 is 18.3 Å². The Labute approximate surface area is 119 Å². The second kappa shape index (κ2) is 4.41. The van der Waals surface area contributed by atoms with E-state index in [4.69, 9.17) is 4.74 Å². The maximum Gasteiger partial charge on any atom is 0.312 e. The van der Waals surface area contributed by atoms with Crippen LogP contribution < -0.4 is 0 Å². The lowest BCUT2D eigenvalue weighted by Gasteiger charge is -2.58. The van der Waals surface area contributed by atoms with E-state index in [0.717, 1.165) is 26.2 Å². The maximum atomic E-state index is 13.2. The highest BCUT2D eigenvalue weighted by atomic mass is 19.3. The molecule has 0 N–H and O–H groups in total. The molecule has 0 aromatic heterocycles. The number of hydrogen-bond donors (Lipinski definition) is 0. The van der Waals surface area contributed by atoms with Gasteiger partial charge in [-0.25, -0.2) is 8.78 Å². The van der Waals surface area contributed by atoms with Crippen molar-refractivity contribution in [1.82, 2.24) is 0 Å². The molecule has 20 heavy (non-hydrogen) atoms. The van der Waals surface area contributed by atoms with Crippen LogP contribution in [-0.2, 0) is 9.53 Å². The molecule has 0 aliphatic heterocycles. The molecule has 0 amide bonds. The van der Waals surface area contributed by atoms with E-state index < -0.39 is 17.4 Å². The molecule has 4 aliphatic carbocycles. The number of hydrogen-bond acceptors (Lipinski definition) is 2. The van der Waals surface area contributed by atoms with Gasteiger partial charge in [-0.15, -0.1) is 0 Å². The molecule has 0 aromatic carbocycles. The first-order chi connectivity index (χ1) is 9.21. The van der Waals surface area contributed by atoms with Crippen molar-refractivity contribution >= 4 is 5.97 Å². The van der Waals surface area contributed by atoms with E-state index in [0.29, 0.717) is 23.7 Å². The lowest BCUT2D eigenvalue weighted by molar-refractivity contribution is -0.195. The van der Waals surface area contributed by atoms with Crippen LogP contribution >= 0.6 is 0 Å². The van der Waals surface area contributed by atoms with Crippen molar-refractivity contribution in [3.8, 4) is 0 Å². The van der Waals surface area contributed by atoms with Crippen LogP contribution in [0.5, 0.6) is 0 Å². The molecule has 4 saturated carbocycles. The summed E-state index contributed by atoms with van der Waals surface area (Å²) in [5, 5.41) is 0. The molecule has 4 bridgehead atoms. The van der Waals surface area contributed by atoms with Crippen molar-refractivity contribution in [2.45, 2.75) is 64.9 Å². The van der Waals surface area contributed by atoms with E-state index in [1.165, 1.54) is 19.8 Å². The Bertz CT molecular complexity index is 399. The molecule has 0 heterocycles. The first kappa shape index (κ1) is 14.3. The topological polar surface area (TPSA) is 26.3 Å². The minimum Gasteiger partial charge on any atom is -0.456 e. The lowest BCUT2D eigenvalue weighted by Crippen LogP contribution is -2.54. The highest BCUT2D eigenvalue weighted by molar-refractivity contribution is 5.77. The van der Waals surface area contributed by atoms with Gasteiger partial charge >= 0.3 is 5.97 Å². The van der Waals surface area contributed by atoms with Crippen molar-refractivity contribution in [1.29, 1.82) is 0 Å². The smallest absolute Gasteiger partial charge is 0.312 e. The van der Waals surface area contributed by atoms with Gasteiger partial charge in [-0.1, -0.05) is 6.92 Å². The Morgan fingerprint density at radius 1 is 1.25 bits per heavy atom. The minimum absolute atomic E-state index is 0.363. The SMILES string of the molecule is CC1C2CC3CC1CC(C(=O)OC(C)C(C)(F)F)(C3)C2. The van der Waals surface area contributed by atoms with Crippen LogP contribution in [0, 0.1) is 29.1 Å². The number of alkyl halides is 2. The summed E-state index contributed by atoms with van der Waals surface area (Å²) in [6, 6.07) is 0. The van der Waals surface area contributed by atoms with Gasteiger partial charge in [0.1, 0.15) is 0 Å². The highest BCUT2D eigenvalue weighted by Crippen LogP contribution is 2.62. The summed E-state index contributed by atoms with van der Waals surface area (Å²) < 4.78 is 31.6. The Kier molecular flexibility index (Phi) is 3.15. The average molecular weight is 286 g/mol. The number of carbonyl (C=O) groups excluding carboxylic acids is 1. The zero-order valence-electron chi connectivity index (χ0n) is 12.5. The molecule has 4 fully saturated rings. The summed E-state index contributed by atoms with van der Waals surface area (Å²) in [6.07, 6.45) is 3.65. The molecular weight excluding hydrogens is 262 g/mol. The van der Waals surface area contributed by atoms with Gasteiger partial charge in [0.25, 0.3) is 5.92 Å². The molecule has 3 atom stereocenters. The van der Waals surface area contributed by atoms with Crippen molar-refractivity contribution in [2.24, 2.45) is 29.1 Å². The molecule has 4 heteroatoms. The maximum absolute atomic E-state index is 13.2. The van der Waals surface area contributed by atoms with Gasteiger partial charge in [-0.3, -0.25) is 4.79 Å². The van der Waals surface area contributed by atoms with Crippen LogP contribution in [0.2, 0.25) is 0 Å². The fourth-order valence-corrected chi connectivity index (χ4v) is 4.92. The largest absolute Gasteiger partial charge is 0.456 e. The zero-order valence-corrected chi connectivity index (χ0v) is 12.5. The van der Waals surface area contributed by atoms with Crippen molar-refractivity contribution in [3.05, 3.63) is 0 Å². The molecule has 0 aromatic rings. The van der Waals surface area contributed by atoms with E-state index in [1.807, 2.05) is 0 Å². The Morgan fingerprint density at radius 2 is 1.80 bits per heavy atom. The fourth-order valence-electron chi connectivity index (χ4n) is 4.92. The van der Waals surface area contributed by atoms with Gasteiger partial charge in [-0.05, 0) is 62.7 Å². The first-order valence-corrected chi connectivity index (χ1v) is 7.80. The van der Waals surface area contributed by atoms with Crippen LogP contribution in [0.4, 0.5) is 8.78 Å². The molecule has 2 nitrogen and oxygen atoms in total. The molecule has 0 saturated heterocycles. The normalized spacial score (nSPS) is 44.5. The van der Waals surface area contributed by atoms with Crippen LogP contribution in [0.15, 0.2) is 0 Å². The first-order valence-electron chi connectivity index (χ1n) is 7.80. The third kappa shape index (κ3) is 2.15. The Morgan fingerprint density at radius 3 is 2.30 bits per heavy atom. The minimum atomic E-state index is -2.97. The summed E-state index contributed by atoms with van der Waals surface area (Å²) in [5.74, 6) is -0.868. The molecule has 0 radical (unpaired) electrons. The van der Waals surface area contributed by atoms with Gasteiger partial charge < -0.3 is 4.74 Å². The zero-order chi connectivity index (χ0) is 14.7. The van der Waals surface area contributed by atoms with E-state index in [-0.39, 0.29) is 5.97 Å². The van der Waals surface area contributed by atoms with Gasteiger partial charge in [0.05, 0.1) is 5.41 Å². The number of esters is 1. The Hall–Kier alpha value is -0.670. The molecule has 0 spiro atoms. The number of carbonyl (C=O) groups is 1. The third-order valence-electron chi connectivity index (χ3n) is 6.18. The quantitative estimate of drug-likeness (QED) is 0.732. The standard InChI is InChI=1S/C16H24F2O2/c1-9-12-4-11-5-13(9)8-16(6-11,7-12)14(19)20-10(2)15(3,17)18/h9-13H,4-8H2,1-3H3. The van der Waals surface area contributed by atoms with Gasteiger partial charge in [0.15, 0.2) is 6.10 Å². The van der Waals surface area contributed by atoms with E-state index in [9.17, 15) is 13.6 Å². The van der Waals surface area contributed by atoms with E-state index >= 15 is 0 Å². The number of halogens is 2. The molecule has 114 valence electrons. The van der Waals surface area contributed by atoms with Crippen molar-refractivity contribution in [2.75, 3.05) is 0 Å². The number of rotatable bonds is 3. The predicted molar refractivity (Wildman–Crippen MR) is 71.3 cm³/mol. The summed E-state index contributed by atoms with van der Waals surface area (Å²) in [7, 11) is 0.